The molecule has 0 saturated heterocycles. The largest absolute Gasteiger partial charge is 0.478 e. The van der Waals surface area contributed by atoms with Gasteiger partial charge in [-0.15, -0.1) is 0 Å². The van der Waals surface area contributed by atoms with Crippen molar-refractivity contribution in [1.82, 2.24) is 14.9 Å². The molecule has 0 spiro atoms. The van der Waals surface area contributed by atoms with Crippen molar-refractivity contribution < 1.29 is 22.7 Å². The van der Waals surface area contributed by atoms with Crippen molar-refractivity contribution in [3.05, 3.63) is 34.5 Å². The van der Waals surface area contributed by atoms with Crippen molar-refractivity contribution in [3.63, 3.8) is 0 Å². The smallest absolute Gasteiger partial charge is 0.340 e. The number of furan rings is 1. The molecule has 0 fully saturated rings. The van der Waals surface area contributed by atoms with Crippen LogP contribution < -0.4 is 4.72 Å². The highest BCUT2D eigenvalue weighted by Crippen LogP contribution is 2.26. The molecule has 21 heavy (non-hydrogen) atoms. The Balaban J connectivity index is 2.36. The Morgan fingerprint density at radius 3 is 2.57 bits per heavy atom. The van der Waals surface area contributed by atoms with Gasteiger partial charge in [0, 0.05) is 17.8 Å². The third-order valence-corrected chi connectivity index (χ3v) is 4.63. The van der Waals surface area contributed by atoms with Gasteiger partial charge in [0.15, 0.2) is 0 Å². The number of aromatic carboxylic acids is 1. The molecular formula is C12H15N3O5S. The molecule has 0 amide bonds. The number of carbonyl (C=O) groups is 1. The van der Waals surface area contributed by atoms with Crippen LogP contribution in [0.5, 0.6) is 0 Å². The summed E-state index contributed by atoms with van der Waals surface area (Å²) in [4.78, 5) is 10.9. The highest BCUT2D eigenvalue weighted by molar-refractivity contribution is 7.89. The van der Waals surface area contributed by atoms with E-state index >= 15 is 0 Å². The van der Waals surface area contributed by atoms with Crippen LogP contribution in [0.25, 0.3) is 0 Å². The fraction of sp³-hybridized carbons (Fsp3) is 0.333. The third-order valence-electron chi connectivity index (χ3n) is 3.07. The molecule has 2 aromatic heterocycles. The van der Waals surface area contributed by atoms with E-state index in [4.69, 9.17) is 9.52 Å². The minimum Gasteiger partial charge on any atom is -0.478 e. The first-order valence-corrected chi connectivity index (χ1v) is 7.54. The van der Waals surface area contributed by atoms with Gasteiger partial charge in [-0.1, -0.05) is 0 Å². The van der Waals surface area contributed by atoms with Crippen LogP contribution >= 0.6 is 0 Å². The number of H-pyrrole nitrogens is 1. The maximum atomic E-state index is 12.3. The molecule has 3 N–H and O–H groups in total. The summed E-state index contributed by atoms with van der Waals surface area (Å²) in [5, 5.41) is 15.6. The lowest BCUT2D eigenvalue weighted by atomic mass is 10.2. The van der Waals surface area contributed by atoms with Crippen LogP contribution in [0.3, 0.4) is 0 Å². The number of rotatable bonds is 5. The Bertz CT molecular complexity index is 788. The normalized spacial score (nSPS) is 11.8. The quantitative estimate of drug-likeness (QED) is 0.759. The molecule has 0 unspecified atom stereocenters. The second-order valence-electron chi connectivity index (χ2n) is 4.57. The zero-order chi connectivity index (χ0) is 15.8. The summed E-state index contributed by atoms with van der Waals surface area (Å²) in [6.45, 7) is 4.59. The van der Waals surface area contributed by atoms with Crippen molar-refractivity contribution in [1.29, 1.82) is 0 Å². The van der Waals surface area contributed by atoms with Gasteiger partial charge in [-0.25, -0.2) is 17.9 Å². The van der Waals surface area contributed by atoms with E-state index in [1.54, 1.807) is 6.92 Å². The summed E-state index contributed by atoms with van der Waals surface area (Å²) in [6, 6.07) is 0. The predicted octanol–water partition coefficient (Wildman–Crippen LogP) is 1.10. The Morgan fingerprint density at radius 2 is 2.05 bits per heavy atom. The first-order valence-electron chi connectivity index (χ1n) is 6.06. The highest BCUT2D eigenvalue weighted by atomic mass is 32.2. The summed E-state index contributed by atoms with van der Waals surface area (Å²) in [5.41, 5.74) is 1.06. The van der Waals surface area contributed by atoms with Crippen molar-refractivity contribution in [2.75, 3.05) is 0 Å². The zero-order valence-corrected chi connectivity index (χ0v) is 12.5. The standard InChI is InChI=1S/C12H15N3O5S/c1-6-9(4-13-15-6)5-14-21(18,19)11-8(3)20-7(2)10(11)12(16)17/h4,14H,5H2,1-3H3,(H,13,15)(H,16,17). The molecule has 2 heterocycles. The van der Waals surface area contributed by atoms with Crippen LogP contribution in [-0.4, -0.2) is 29.7 Å². The number of aryl methyl sites for hydroxylation is 3. The third kappa shape index (κ3) is 2.83. The van der Waals surface area contributed by atoms with E-state index in [0.717, 1.165) is 5.69 Å². The zero-order valence-electron chi connectivity index (χ0n) is 11.7. The van der Waals surface area contributed by atoms with Crippen LogP contribution in [0.1, 0.15) is 33.1 Å². The number of nitrogens with zero attached hydrogens (tertiary/aromatic N) is 1. The SMILES string of the molecule is Cc1[nH]ncc1CNS(=O)(=O)c1c(C)oc(C)c1C(=O)O. The minimum absolute atomic E-state index is 0.00733. The van der Waals surface area contributed by atoms with Crippen LogP contribution in [0, 0.1) is 20.8 Å². The first-order chi connectivity index (χ1) is 9.74. The number of aromatic nitrogens is 2. The molecule has 9 heteroatoms. The molecule has 0 saturated carbocycles. The fourth-order valence-electron chi connectivity index (χ4n) is 2.03. The van der Waals surface area contributed by atoms with Crippen LogP contribution in [-0.2, 0) is 16.6 Å². The van der Waals surface area contributed by atoms with Gasteiger partial charge in [-0.3, -0.25) is 5.10 Å². The van der Waals surface area contributed by atoms with Gasteiger partial charge in [0.05, 0.1) is 6.20 Å². The Kier molecular flexibility index (Phi) is 3.88. The molecular weight excluding hydrogens is 298 g/mol. The first kappa shape index (κ1) is 15.3. The lowest BCUT2D eigenvalue weighted by Crippen LogP contribution is -2.25. The Hall–Kier alpha value is -2.13. The topological polar surface area (TPSA) is 125 Å². The van der Waals surface area contributed by atoms with E-state index in [-0.39, 0.29) is 28.5 Å². The van der Waals surface area contributed by atoms with Gasteiger partial charge in [-0.2, -0.15) is 5.10 Å². The molecule has 114 valence electrons. The molecule has 8 nitrogen and oxygen atoms in total. The molecule has 0 bridgehead atoms. The molecule has 2 rings (SSSR count). The number of aromatic amines is 1. The van der Waals surface area contributed by atoms with Crippen molar-refractivity contribution in [2.24, 2.45) is 0 Å². The van der Waals surface area contributed by atoms with Crippen LogP contribution in [0.2, 0.25) is 0 Å². The van der Waals surface area contributed by atoms with E-state index in [9.17, 15) is 13.2 Å². The Labute approximate surface area is 121 Å². The van der Waals surface area contributed by atoms with Gasteiger partial charge in [0.2, 0.25) is 10.0 Å². The maximum Gasteiger partial charge on any atom is 0.340 e. The second kappa shape index (κ2) is 5.34. The summed E-state index contributed by atoms with van der Waals surface area (Å²) in [7, 11) is -4.00. The lowest BCUT2D eigenvalue weighted by molar-refractivity contribution is 0.0691. The summed E-state index contributed by atoms with van der Waals surface area (Å²) >= 11 is 0. The molecule has 0 radical (unpaired) electrons. The van der Waals surface area contributed by atoms with Crippen LogP contribution in [0.4, 0.5) is 0 Å². The molecule has 0 aliphatic heterocycles. The van der Waals surface area contributed by atoms with E-state index in [0.29, 0.717) is 5.56 Å². The summed E-state index contributed by atoms with van der Waals surface area (Å²) < 4.78 is 32.2. The minimum atomic E-state index is -4.00. The summed E-state index contributed by atoms with van der Waals surface area (Å²) in [5.74, 6) is -1.25. The summed E-state index contributed by atoms with van der Waals surface area (Å²) in [6.07, 6.45) is 1.50. The van der Waals surface area contributed by atoms with Crippen molar-refractivity contribution >= 4 is 16.0 Å². The van der Waals surface area contributed by atoms with Crippen molar-refractivity contribution in [2.45, 2.75) is 32.2 Å². The fourth-order valence-corrected chi connectivity index (χ4v) is 3.44. The molecule has 2 aromatic rings. The van der Waals surface area contributed by atoms with Gasteiger partial charge in [0.1, 0.15) is 22.0 Å². The number of carboxylic acid groups (broad SMARTS) is 1. The number of hydrogen-bond acceptors (Lipinski definition) is 5. The highest BCUT2D eigenvalue weighted by Gasteiger charge is 2.30. The number of sulfonamides is 1. The van der Waals surface area contributed by atoms with Gasteiger partial charge in [-0.05, 0) is 20.8 Å². The Morgan fingerprint density at radius 1 is 1.38 bits per heavy atom. The van der Waals surface area contributed by atoms with Gasteiger partial charge in [0.25, 0.3) is 0 Å². The predicted molar refractivity (Wildman–Crippen MR) is 72.5 cm³/mol. The van der Waals surface area contributed by atoms with E-state index < -0.39 is 16.0 Å². The molecule has 0 aliphatic carbocycles. The van der Waals surface area contributed by atoms with Gasteiger partial charge < -0.3 is 9.52 Å². The lowest BCUT2D eigenvalue weighted by Gasteiger charge is -2.06. The number of hydrogen-bond donors (Lipinski definition) is 3. The number of nitrogens with one attached hydrogen (secondary N) is 2. The molecule has 0 atom stereocenters. The average Bonchev–Trinajstić information content (AvgIpc) is 2.90. The van der Waals surface area contributed by atoms with E-state index in [1.165, 1.54) is 20.0 Å². The van der Waals surface area contributed by atoms with Crippen LogP contribution in [0.15, 0.2) is 15.5 Å². The average molecular weight is 313 g/mol. The molecule has 0 aliphatic rings. The second-order valence-corrected chi connectivity index (χ2v) is 6.27. The van der Waals surface area contributed by atoms with Crippen molar-refractivity contribution in [3.8, 4) is 0 Å². The van der Waals surface area contributed by atoms with Gasteiger partial charge >= 0.3 is 5.97 Å². The van der Waals surface area contributed by atoms with E-state index in [1.807, 2.05) is 0 Å². The number of carboxylic acids is 1. The molecule has 0 aromatic carbocycles. The monoisotopic (exact) mass is 313 g/mol. The van der Waals surface area contributed by atoms with E-state index in [2.05, 4.69) is 14.9 Å². The maximum absolute atomic E-state index is 12.3.